The van der Waals surface area contributed by atoms with E-state index in [-0.39, 0.29) is 12.4 Å². The molecule has 0 fully saturated rings. The maximum Gasteiger partial charge on any atom is 0.411 e. The van der Waals surface area contributed by atoms with Crippen LogP contribution in [-0.4, -0.2) is 43.8 Å². The molecule has 0 spiro atoms. The molecule has 6 heteroatoms. The summed E-state index contributed by atoms with van der Waals surface area (Å²) in [5.41, 5.74) is 0.709. The molecule has 0 aromatic heterocycles. The van der Waals surface area contributed by atoms with Crippen molar-refractivity contribution >= 4 is 24.2 Å². The van der Waals surface area contributed by atoms with Crippen LogP contribution >= 0.6 is 12.4 Å². The second-order valence-corrected chi connectivity index (χ2v) is 5.72. The monoisotopic (exact) mass is 372 g/mol. The summed E-state index contributed by atoms with van der Waals surface area (Å²) >= 11 is 0. The highest BCUT2D eigenvalue weighted by Gasteiger charge is 2.05. The third-order valence-electron chi connectivity index (χ3n) is 3.90. The van der Waals surface area contributed by atoms with Crippen LogP contribution in [0.15, 0.2) is 24.3 Å². The van der Waals surface area contributed by atoms with Crippen molar-refractivity contribution in [1.82, 2.24) is 4.90 Å². The molecule has 144 valence electrons. The van der Waals surface area contributed by atoms with Crippen LogP contribution in [0.3, 0.4) is 0 Å². The Bertz CT molecular complexity index is 450. The van der Waals surface area contributed by atoms with Crippen LogP contribution < -0.4 is 10.1 Å². The van der Waals surface area contributed by atoms with Crippen LogP contribution in [0.2, 0.25) is 0 Å². The highest BCUT2D eigenvalue weighted by atomic mass is 35.5. The van der Waals surface area contributed by atoms with Crippen LogP contribution in [0.5, 0.6) is 5.75 Å². The average molecular weight is 373 g/mol. The number of likely N-dealkylation sites (N-methyl/N-ethyl adjacent to an activating group) is 1. The highest BCUT2D eigenvalue weighted by molar-refractivity contribution is 5.85. The minimum Gasteiger partial charge on any atom is -0.494 e. The molecule has 1 rings (SSSR count). The summed E-state index contributed by atoms with van der Waals surface area (Å²) in [6.07, 6.45) is 4.34. The Kier molecular flexibility index (Phi) is 14.0. The minimum atomic E-state index is -0.421. The van der Waals surface area contributed by atoms with Gasteiger partial charge < -0.3 is 14.4 Å². The van der Waals surface area contributed by atoms with Gasteiger partial charge in [-0.2, -0.15) is 0 Å². The Morgan fingerprint density at radius 3 is 2.28 bits per heavy atom. The summed E-state index contributed by atoms with van der Waals surface area (Å²) in [7, 11) is 0. The summed E-state index contributed by atoms with van der Waals surface area (Å²) in [6.45, 7) is 10.2. The molecule has 0 heterocycles. The van der Waals surface area contributed by atoms with E-state index in [0.717, 1.165) is 38.4 Å². The Balaban J connectivity index is 0.00000576. The van der Waals surface area contributed by atoms with E-state index in [0.29, 0.717) is 12.3 Å². The van der Waals surface area contributed by atoms with Gasteiger partial charge in [0.05, 0.1) is 6.61 Å². The fraction of sp³-hybridized carbons (Fsp3) is 0.632. The zero-order valence-electron chi connectivity index (χ0n) is 15.8. The molecule has 5 nitrogen and oxygen atoms in total. The average Bonchev–Trinajstić information content (AvgIpc) is 2.60. The Morgan fingerprint density at radius 1 is 1.00 bits per heavy atom. The molecule has 0 saturated heterocycles. The molecule has 0 atom stereocenters. The molecule has 0 aliphatic rings. The molecule has 25 heavy (non-hydrogen) atoms. The number of carbonyl (C=O) groups excluding carboxylic acids is 1. The molecule has 1 N–H and O–H groups in total. The molecule has 1 aromatic carbocycles. The standard InChI is InChI=1S/C19H32N2O3.ClH/c1-4-7-8-9-15-23-18-12-10-17(11-13-18)20-19(22)24-16-14-21(5-2)6-3;/h10-13H,4-9,14-16H2,1-3H3,(H,20,22);1H. The fourth-order valence-corrected chi connectivity index (χ4v) is 2.31. The smallest absolute Gasteiger partial charge is 0.411 e. The topological polar surface area (TPSA) is 50.8 Å². The first-order chi connectivity index (χ1) is 11.7. The third kappa shape index (κ3) is 10.9. The molecule has 0 aliphatic carbocycles. The Hall–Kier alpha value is -1.46. The van der Waals surface area contributed by atoms with E-state index in [1.165, 1.54) is 19.3 Å². The first-order valence-electron chi connectivity index (χ1n) is 9.08. The third-order valence-corrected chi connectivity index (χ3v) is 3.90. The van der Waals surface area contributed by atoms with Crippen LogP contribution in [0.1, 0.15) is 46.5 Å². The van der Waals surface area contributed by atoms with E-state index in [4.69, 9.17) is 9.47 Å². The largest absolute Gasteiger partial charge is 0.494 e. The Labute approximate surface area is 158 Å². The minimum absolute atomic E-state index is 0. The summed E-state index contributed by atoms with van der Waals surface area (Å²) < 4.78 is 10.9. The molecule has 1 amide bonds. The van der Waals surface area contributed by atoms with Gasteiger partial charge in [0, 0.05) is 12.2 Å². The van der Waals surface area contributed by atoms with Gasteiger partial charge in [0.15, 0.2) is 0 Å². The molecule has 0 unspecified atom stereocenters. The van der Waals surface area contributed by atoms with Gasteiger partial charge in [-0.1, -0.05) is 40.0 Å². The van der Waals surface area contributed by atoms with E-state index < -0.39 is 6.09 Å². The highest BCUT2D eigenvalue weighted by Crippen LogP contribution is 2.16. The normalized spacial score (nSPS) is 10.2. The predicted octanol–water partition coefficient (Wildman–Crippen LogP) is 4.96. The summed E-state index contributed by atoms with van der Waals surface area (Å²) in [4.78, 5) is 14.0. The lowest BCUT2D eigenvalue weighted by Crippen LogP contribution is -2.28. The van der Waals surface area contributed by atoms with E-state index in [2.05, 4.69) is 31.0 Å². The molecular weight excluding hydrogens is 340 g/mol. The van der Waals surface area contributed by atoms with Crippen LogP contribution in [0.4, 0.5) is 10.5 Å². The SMILES string of the molecule is CCCCCCOc1ccc(NC(=O)OCCN(CC)CC)cc1.Cl. The van der Waals surface area contributed by atoms with Gasteiger partial charge in [0.1, 0.15) is 12.4 Å². The van der Waals surface area contributed by atoms with Gasteiger partial charge in [-0.05, 0) is 43.8 Å². The first-order valence-corrected chi connectivity index (χ1v) is 9.08. The molecule has 0 aliphatic heterocycles. The number of nitrogens with zero attached hydrogens (tertiary/aromatic N) is 1. The van der Waals surface area contributed by atoms with Crippen LogP contribution in [0, 0.1) is 0 Å². The maximum atomic E-state index is 11.7. The van der Waals surface area contributed by atoms with Gasteiger partial charge >= 0.3 is 6.09 Å². The van der Waals surface area contributed by atoms with Crippen molar-refractivity contribution in [3.05, 3.63) is 24.3 Å². The van der Waals surface area contributed by atoms with E-state index >= 15 is 0 Å². The van der Waals surface area contributed by atoms with Crippen molar-refractivity contribution in [3.8, 4) is 5.75 Å². The van der Waals surface area contributed by atoms with E-state index in [1.807, 2.05) is 24.3 Å². The van der Waals surface area contributed by atoms with Crippen molar-refractivity contribution in [2.75, 3.05) is 38.2 Å². The van der Waals surface area contributed by atoms with Gasteiger partial charge in [-0.3, -0.25) is 5.32 Å². The number of anilines is 1. The number of hydrogen-bond donors (Lipinski definition) is 1. The number of amides is 1. The molecule has 0 bridgehead atoms. The van der Waals surface area contributed by atoms with Gasteiger partial charge in [-0.25, -0.2) is 4.79 Å². The fourth-order valence-electron chi connectivity index (χ4n) is 2.31. The summed E-state index contributed by atoms with van der Waals surface area (Å²) in [5.74, 6) is 0.826. The summed E-state index contributed by atoms with van der Waals surface area (Å²) in [6, 6.07) is 7.39. The quantitative estimate of drug-likeness (QED) is 0.527. The molecule has 0 radical (unpaired) electrons. The first kappa shape index (κ1) is 23.5. The van der Waals surface area contributed by atoms with Crippen LogP contribution in [-0.2, 0) is 4.74 Å². The number of rotatable bonds is 12. The van der Waals surface area contributed by atoms with E-state index in [1.54, 1.807) is 0 Å². The van der Waals surface area contributed by atoms with E-state index in [9.17, 15) is 4.79 Å². The number of nitrogens with one attached hydrogen (secondary N) is 1. The van der Waals surface area contributed by atoms with Crippen molar-refractivity contribution in [2.45, 2.75) is 46.5 Å². The lowest BCUT2D eigenvalue weighted by Gasteiger charge is -2.17. The number of hydrogen-bond acceptors (Lipinski definition) is 4. The molecule has 1 aromatic rings. The Morgan fingerprint density at radius 2 is 1.68 bits per heavy atom. The van der Waals surface area contributed by atoms with Crippen molar-refractivity contribution in [3.63, 3.8) is 0 Å². The summed E-state index contributed by atoms with van der Waals surface area (Å²) in [5, 5.41) is 2.73. The molecule has 0 saturated carbocycles. The van der Waals surface area contributed by atoms with Crippen LogP contribution in [0.25, 0.3) is 0 Å². The maximum absolute atomic E-state index is 11.7. The number of ether oxygens (including phenoxy) is 2. The number of benzene rings is 1. The number of unbranched alkanes of at least 4 members (excludes halogenated alkanes) is 3. The van der Waals surface area contributed by atoms with Gasteiger partial charge in [-0.15, -0.1) is 12.4 Å². The second-order valence-electron chi connectivity index (χ2n) is 5.72. The zero-order chi connectivity index (χ0) is 17.6. The lowest BCUT2D eigenvalue weighted by molar-refractivity contribution is 0.142. The van der Waals surface area contributed by atoms with Crippen molar-refractivity contribution < 1.29 is 14.3 Å². The van der Waals surface area contributed by atoms with Gasteiger partial charge in [0.25, 0.3) is 0 Å². The second kappa shape index (κ2) is 14.8. The predicted molar refractivity (Wildman–Crippen MR) is 106 cm³/mol. The van der Waals surface area contributed by atoms with Crippen molar-refractivity contribution in [2.24, 2.45) is 0 Å². The van der Waals surface area contributed by atoms with Crippen molar-refractivity contribution in [1.29, 1.82) is 0 Å². The zero-order valence-corrected chi connectivity index (χ0v) is 16.6. The number of halogens is 1. The van der Waals surface area contributed by atoms with Gasteiger partial charge in [0.2, 0.25) is 0 Å². The number of carbonyl (C=O) groups is 1. The molecular formula is C19H33ClN2O3. The lowest BCUT2D eigenvalue weighted by atomic mass is 10.2.